The molecular formula is C25H24N2O3. The van der Waals surface area contributed by atoms with Gasteiger partial charge >= 0.3 is 5.97 Å². The summed E-state index contributed by atoms with van der Waals surface area (Å²) in [5, 5.41) is 14.0. The van der Waals surface area contributed by atoms with E-state index in [4.69, 9.17) is 11.7 Å². The van der Waals surface area contributed by atoms with Crippen LogP contribution in [-0.2, 0) is 16.0 Å². The maximum absolute atomic E-state index is 13.1. The van der Waals surface area contributed by atoms with Gasteiger partial charge in [-0.25, -0.2) is 4.85 Å². The van der Waals surface area contributed by atoms with Gasteiger partial charge in [-0.2, -0.15) is 0 Å². The number of hydrogen-bond acceptors (Lipinski definition) is 2. The number of aryl methyl sites for hydroxylation is 2. The first-order valence-corrected chi connectivity index (χ1v) is 9.92. The molecule has 1 unspecified atom stereocenters. The van der Waals surface area contributed by atoms with E-state index in [2.05, 4.69) is 23.2 Å². The minimum atomic E-state index is -0.849. The standard InChI is InChI=1S/C25H24N2O3/c1-16-11-14-21(22-9-5-4-8-20(16)22)17(2)25(30)27-23-15-19(26-3)13-12-18(23)7-6-10-24(28)29/h4-5,8-9,11-15,17H,6-7,10H2,1-2H3,(H,27,30)(H,28,29). The Kier molecular flexibility index (Phi) is 6.48. The van der Waals surface area contributed by atoms with Crippen molar-refractivity contribution in [2.24, 2.45) is 0 Å². The van der Waals surface area contributed by atoms with Gasteiger partial charge in [0.1, 0.15) is 0 Å². The molecule has 0 bridgehead atoms. The van der Waals surface area contributed by atoms with E-state index < -0.39 is 5.97 Å². The van der Waals surface area contributed by atoms with Crippen LogP contribution in [0.1, 0.15) is 42.4 Å². The van der Waals surface area contributed by atoms with E-state index in [-0.39, 0.29) is 18.2 Å². The smallest absolute Gasteiger partial charge is 0.303 e. The molecule has 0 saturated carbocycles. The Labute approximate surface area is 176 Å². The van der Waals surface area contributed by atoms with Crippen LogP contribution in [0.3, 0.4) is 0 Å². The zero-order chi connectivity index (χ0) is 21.7. The van der Waals surface area contributed by atoms with Crippen molar-refractivity contribution in [3.8, 4) is 0 Å². The molecule has 1 amide bonds. The molecule has 0 spiro atoms. The summed E-state index contributed by atoms with van der Waals surface area (Å²) in [6.07, 6.45) is 1.04. The second kappa shape index (κ2) is 9.23. The van der Waals surface area contributed by atoms with Crippen LogP contribution < -0.4 is 5.32 Å². The summed E-state index contributed by atoms with van der Waals surface area (Å²) in [7, 11) is 0. The molecule has 0 radical (unpaired) electrons. The van der Waals surface area contributed by atoms with Gasteiger partial charge in [0, 0.05) is 12.1 Å². The van der Waals surface area contributed by atoms with Crippen LogP contribution in [0.25, 0.3) is 15.6 Å². The van der Waals surface area contributed by atoms with Crippen molar-refractivity contribution in [1.29, 1.82) is 0 Å². The van der Waals surface area contributed by atoms with Gasteiger partial charge in [0.25, 0.3) is 0 Å². The zero-order valence-corrected chi connectivity index (χ0v) is 17.1. The number of carbonyl (C=O) groups excluding carboxylic acids is 1. The molecule has 2 N–H and O–H groups in total. The first-order valence-electron chi connectivity index (χ1n) is 9.92. The van der Waals surface area contributed by atoms with Crippen LogP contribution in [0.15, 0.2) is 54.6 Å². The zero-order valence-electron chi connectivity index (χ0n) is 17.1. The second-order valence-electron chi connectivity index (χ2n) is 7.43. The first kappa shape index (κ1) is 21.1. The summed E-state index contributed by atoms with van der Waals surface area (Å²) in [5.74, 6) is -1.40. The van der Waals surface area contributed by atoms with E-state index in [1.807, 2.05) is 37.3 Å². The molecule has 0 aliphatic heterocycles. The van der Waals surface area contributed by atoms with Crippen LogP contribution in [0.2, 0.25) is 0 Å². The fourth-order valence-corrected chi connectivity index (χ4v) is 3.63. The van der Waals surface area contributed by atoms with Crippen molar-refractivity contribution in [1.82, 2.24) is 0 Å². The van der Waals surface area contributed by atoms with E-state index in [0.717, 1.165) is 27.5 Å². The maximum Gasteiger partial charge on any atom is 0.303 e. The van der Waals surface area contributed by atoms with Crippen LogP contribution in [0.4, 0.5) is 11.4 Å². The Bertz CT molecular complexity index is 1140. The number of nitrogens with one attached hydrogen (secondary N) is 1. The summed E-state index contributed by atoms with van der Waals surface area (Å²) in [4.78, 5) is 27.4. The molecule has 0 aliphatic carbocycles. The van der Waals surface area contributed by atoms with E-state index >= 15 is 0 Å². The van der Waals surface area contributed by atoms with Crippen LogP contribution in [-0.4, -0.2) is 17.0 Å². The van der Waals surface area contributed by atoms with E-state index in [9.17, 15) is 9.59 Å². The van der Waals surface area contributed by atoms with Crippen LogP contribution in [0.5, 0.6) is 0 Å². The van der Waals surface area contributed by atoms with Crippen molar-refractivity contribution in [3.63, 3.8) is 0 Å². The number of nitrogens with zero attached hydrogens (tertiary/aromatic N) is 1. The number of aliphatic carboxylic acids is 1. The highest BCUT2D eigenvalue weighted by Crippen LogP contribution is 2.30. The topological polar surface area (TPSA) is 70.8 Å². The number of benzene rings is 3. The maximum atomic E-state index is 13.1. The lowest BCUT2D eigenvalue weighted by Gasteiger charge is -2.18. The molecule has 5 heteroatoms. The van der Waals surface area contributed by atoms with E-state index in [1.165, 1.54) is 0 Å². The number of carboxylic acid groups (broad SMARTS) is 1. The third-order valence-electron chi connectivity index (χ3n) is 5.35. The summed E-state index contributed by atoms with van der Waals surface area (Å²) in [5.41, 5.74) is 3.94. The van der Waals surface area contributed by atoms with Crippen LogP contribution >= 0.6 is 0 Å². The number of rotatable bonds is 7. The Hall–Kier alpha value is -3.65. The number of fused-ring (bicyclic) bond motifs is 1. The number of carboxylic acids is 1. The predicted molar refractivity (Wildman–Crippen MR) is 119 cm³/mol. The van der Waals surface area contributed by atoms with E-state index in [0.29, 0.717) is 24.2 Å². The molecule has 0 fully saturated rings. The summed E-state index contributed by atoms with van der Waals surface area (Å²) in [6, 6.07) is 17.2. The van der Waals surface area contributed by atoms with Gasteiger partial charge in [0.2, 0.25) is 5.91 Å². The van der Waals surface area contributed by atoms with Gasteiger partial charge in [0.05, 0.1) is 12.5 Å². The molecule has 5 nitrogen and oxygen atoms in total. The SMILES string of the molecule is [C-]#[N+]c1ccc(CCCC(=O)O)c(NC(=O)C(C)c2ccc(C)c3ccccc23)c1. The summed E-state index contributed by atoms with van der Waals surface area (Å²) < 4.78 is 0. The van der Waals surface area contributed by atoms with Crippen LogP contribution in [0, 0.1) is 13.5 Å². The molecule has 0 aromatic heterocycles. The molecule has 3 aromatic rings. The van der Waals surface area contributed by atoms with Crippen molar-refractivity contribution in [2.75, 3.05) is 5.32 Å². The average Bonchev–Trinajstić information content (AvgIpc) is 2.74. The minimum Gasteiger partial charge on any atom is -0.481 e. The van der Waals surface area contributed by atoms with Gasteiger partial charge < -0.3 is 10.4 Å². The first-order chi connectivity index (χ1) is 14.4. The number of amides is 1. The lowest BCUT2D eigenvalue weighted by Crippen LogP contribution is -2.20. The Morgan fingerprint density at radius 1 is 1.10 bits per heavy atom. The quantitative estimate of drug-likeness (QED) is 0.489. The lowest BCUT2D eigenvalue weighted by atomic mass is 9.92. The van der Waals surface area contributed by atoms with Gasteiger partial charge in [-0.3, -0.25) is 9.59 Å². The molecular weight excluding hydrogens is 376 g/mol. The summed E-state index contributed by atoms with van der Waals surface area (Å²) >= 11 is 0. The number of carbonyl (C=O) groups is 2. The lowest BCUT2D eigenvalue weighted by molar-refractivity contribution is -0.137. The molecule has 0 saturated heterocycles. The van der Waals surface area contributed by atoms with Gasteiger partial charge in [-0.05, 0) is 60.2 Å². The third kappa shape index (κ3) is 4.66. The molecule has 152 valence electrons. The monoisotopic (exact) mass is 400 g/mol. The highest BCUT2D eigenvalue weighted by molar-refractivity contribution is 6.00. The Morgan fingerprint density at radius 3 is 2.53 bits per heavy atom. The molecule has 3 aromatic carbocycles. The molecule has 0 aliphatic rings. The Morgan fingerprint density at radius 2 is 1.83 bits per heavy atom. The largest absolute Gasteiger partial charge is 0.481 e. The van der Waals surface area contributed by atoms with E-state index in [1.54, 1.807) is 18.2 Å². The fourth-order valence-electron chi connectivity index (χ4n) is 3.63. The average molecular weight is 400 g/mol. The van der Waals surface area contributed by atoms with Gasteiger partial charge in [-0.15, -0.1) is 0 Å². The summed E-state index contributed by atoms with van der Waals surface area (Å²) in [6.45, 7) is 11.2. The highest BCUT2D eigenvalue weighted by atomic mass is 16.4. The fraction of sp³-hybridized carbons (Fsp3) is 0.240. The number of hydrogen-bond donors (Lipinski definition) is 2. The molecule has 3 rings (SSSR count). The molecule has 1 atom stereocenters. The second-order valence-corrected chi connectivity index (χ2v) is 7.43. The van der Waals surface area contributed by atoms with Gasteiger partial charge in [-0.1, -0.05) is 48.5 Å². The van der Waals surface area contributed by atoms with Gasteiger partial charge in [0.15, 0.2) is 5.69 Å². The van der Waals surface area contributed by atoms with Crippen molar-refractivity contribution in [2.45, 2.75) is 39.0 Å². The van der Waals surface area contributed by atoms with Crippen molar-refractivity contribution in [3.05, 3.63) is 82.7 Å². The highest BCUT2D eigenvalue weighted by Gasteiger charge is 2.19. The molecule has 0 heterocycles. The van der Waals surface area contributed by atoms with Crippen molar-refractivity contribution < 1.29 is 14.7 Å². The predicted octanol–water partition coefficient (Wildman–Crippen LogP) is 5.85. The van der Waals surface area contributed by atoms with Crippen molar-refractivity contribution >= 4 is 34.0 Å². The Balaban J connectivity index is 1.87. The number of anilines is 1. The molecule has 30 heavy (non-hydrogen) atoms. The third-order valence-corrected chi connectivity index (χ3v) is 5.35. The minimum absolute atomic E-state index is 0.0592. The normalized spacial score (nSPS) is 11.6.